The third kappa shape index (κ3) is 48.2. The van der Waals surface area contributed by atoms with E-state index in [1.807, 2.05) is 0 Å². The molecule has 0 bridgehead atoms. The van der Waals surface area contributed by atoms with Gasteiger partial charge in [-0.25, -0.2) is 9.13 Å². The minimum atomic E-state index is -4.93. The van der Waals surface area contributed by atoms with Gasteiger partial charge in [-0.3, -0.25) is 37.3 Å². The number of aliphatic hydroxyl groups excluding tert-OH is 1. The fourth-order valence-electron chi connectivity index (χ4n) is 7.78. The average molecular weight is 1090 g/mol. The van der Waals surface area contributed by atoms with Crippen molar-refractivity contribution in [3.05, 3.63) is 0 Å². The first-order valence-corrected chi connectivity index (χ1v) is 31.7. The summed E-state index contributed by atoms with van der Waals surface area (Å²) in [5, 5.41) is 10.4. The summed E-state index contributed by atoms with van der Waals surface area (Å²) >= 11 is 0. The van der Waals surface area contributed by atoms with Crippen molar-refractivity contribution in [1.82, 2.24) is 0 Å². The summed E-state index contributed by atoms with van der Waals surface area (Å²) in [7, 11) is -9.85. The van der Waals surface area contributed by atoms with Crippen LogP contribution < -0.4 is 0 Å². The van der Waals surface area contributed by atoms with Crippen molar-refractivity contribution in [3.63, 3.8) is 0 Å². The SMILES string of the molecule is CCCCCCCCCCC(=O)OC[C@H](COP(=O)(O)OC[C@@H](O)COP(=O)(O)OC[C@@H](COC(=O)CCCCCCCCC)OC(=O)CCCCCCCCCC)OC(=O)CCCCCCCCC(C)CC. The highest BCUT2D eigenvalue weighted by Gasteiger charge is 2.30. The lowest BCUT2D eigenvalue weighted by molar-refractivity contribution is -0.161. The summed E-state index contributed by atoms with van der Waals surface area (Å²) in [6.07, 6.45) is 28.2. The van der Waals surface area contributed by atoms with Crippen molar-refractivity contribution in [1.29, 1.82) is 0 Å². The third-order valence-electron chi connectivity index (χ3n) is 12.6. The quantitative estimate of drug-likeness (QED) is 0.0222. The molecule has 3 unspecified atom stereocenters. The Balaban J connectivity index is 5.21. The lowest BCUT2D eigenvalue weighted by Crippen LogP contribution is -2.30. The van der Waals surface area contributed by atoms with Gasteiger partial charge in [0.05, 0.1) is 26.4 Å². The highest BCUT2D eigenvalue weighted by atomic mass is 31.2. The van der Waals surface area contributed by atoms with E-state index in [1.165, 1.54) is 57.8 Å². The molecule has 3 N–H and O–H groups in total. The zero-order valence-corrected chi connectivity index (χ0v) is 48.0. The summed E-state index contributed by atoms with van der Waals surface area (Å²) in [6.45, 7) is 6.97. The first-order chi connectivity index (χ1) is 35.1. The molecule has 0 saturated heterocycles. The topological polar surface area (TPSA) is 237 Å². The molecule has 0 saturated carbocycles. The molecule has 0 aromatic heterocycles. The number of rotatable bonds is 54. The van der Waals surface area contributed by atoms with Crippen LogP contribution in [0.3, 0.4) is 0 Å². The standard InChI is InChI=1S/C54H104O17P2/c1-6-10-13-16-19-22-28-33-38-52(57)65-44-50(71-54(59)40-35-30-25-24-26-31-36-47(5)9-4)46-69-73(62,63)67-42-48(55)41-66-72(60,61)68-45-49(43-64-51(56)37-32-27-21-18-15-12-8-3)70-53(58)39-34-29-23-20-17-14-11-7-2/h47-50,55H,6-46H2,1-5H3,(H,60,61)(H,62,63)/t47?,48-,49+,50+/m0/s1. The number of phosphoric acid groups is 2. The van der Waals surface area contributed by atoms with Crippen LogP contribution in [0.5, 0.6) is 0 Å². The van der Waals surface area contributed by atoms with Gasteiger partial charge in [-0.05, 0) is 31.6 Å². The predicted molar refractivity (Wildman–Crippen MR) is 285 cm³/mol. The lowest BCUT2D eigenvalue weighted by atomic mass is 10.00. The summed E-state index contributed by atoms with van der Waals surface area (Å²) in [5.74, 6) is -1.44. The molecule has 432 valence electrons. The Hall–Kier alpha value is -1.94. The monoisotopic (exact) mass is 1090 g/mol. The molecule has 6 atom stereocenters. The van der Waals surface area contributed by atoms with E-state index in [0.717, 1.165) is 121 Å². The first kappa shape index (κ1) is 71.1. The molecule has 0 aliphatic rings. The highest BCUT2D eigenvalue weighted by Crippen LogP contribution is 2.45. The largest absolute Gasteiger partial charge is 0.472 e. The van der Waals surface area contributed by atoms with Gasteiger partial charge in [0.1, 0.15) is 19.3 Å². The van der Waals surface area contributed by atoms with Gasteiger partial charge in [0, 0.05) is 25.7 Å². The molecule has 0 aromatic carbocycles. The van der Waals surface area contributed by atoms with Crippen LogP contribution in [0.15, 0.2) is 0 Å². The number of unbranched alkanes of at least 4 members (excludes halogenated alkanes) is 25. The number of carbonyl (C=O) groups excluding carboxylic acids is 4. The number of hydrogen-bond acceptors (Lipinski definition) is 15. The molecule has 0 amide bonds. The van der Waals surface area contributed by atoms with Gasteiger partial charge < -0.3 is 33.8 Å². The van der Waals surface area contributed by atoms with Crippen LogP contribution in [-0.2, 0) is 65.4 Å². The number of phosphoric ester groups is 2. The third-order valence-corrected chi connectivity index (χ3v) is 14.5. The van der Waals surface area contributed by atoms with Gasteiger partial charge in [-0.1, -0.05) is 208 Å². The molecule has 73 heavy (non-hydrogen) atoms. The van der Waals surface area contributed by atoms with E-state index in [1.54, 1.807) is 0 Å². The summed E-state index contributed by atoms with van der Waals surface area (Å²) in [6, 6.07) is 0. The van der Waals surface area contributed by atoms with Crippen molar-refractivity contribution < 1.29 is 80.2 Å². The molecule has 17 nitrogen and oxygen atoms in total. The molecule has 0 aliphatic heterocycles. The van der Waals surface area contributed by atoms with E-state index >= 15 is 0 Å². The molecule has 0 heterocycles. The maximum absolute atomic E-state index is 12.9. The molecule has 0 spiro atoms. The number of hydrogen-bond donors (Lipinski definition) is 3. The van der Waals surface area contributed by atoms with E-state index in [9.17, 15) is 43.2 Å². The van der Waals surface area contributed by atoms with Crippen LogP contribution in [0.1, 0.15) is 259 Å². The Morgan fingerprint density at radius 2 is 0.658 bits per heavy atom. The Bertz CT molecular complexity index is 1450. The minimum Gasteiger partial charge on any atom is -0.462 e. The number of ether oxygens (including phenoxy) is 4. The van der Waals surface area contributed by atoms with Crippen LogP contribution in [0.4, 0.5) is 0 Å². The van der Waals surface area contributed by atoms with E-state index in [0.29, 0.717) is 25.7 Å². The van der Waals surface area contributed by atoms with Gasteiger partial charge in [0.2, 0.25) is 0 Å². The molecule has 0 aromatic rings. The van der Waals surface area contributed by atoms with Gasteiger partial charge in [0.15, 0.2) is 12.2 Å². The zero-order valence-electron chi connectivity index (χ0n) is 46.3. The molecule has 0 radical (unpaired) electrons. The molecule has 19 heteroatoms. The molecule has 0 rings (SSSR count). The Morgan fingerprint density at radius 1 is 0.384 bits per heavy atom. The van der Waals surface area contributed by atoms with Crippen molar-refractivity contribution in [2.75, 3.05) is 39.6 Å². The highest BCUT2D eigenvalue weighted by molar-refractivity contribution is 7.47. The summed E-state index contributed by atoms with van der Waals surface area (Å²) in [4.78, 5) is 71.4. The fraction of sp³-hybridized carbons (Fsp3) is 0.926. The molecular formula is C54H104O17P2. The molecule has 0 fully saturated rings. The second-order valence-corrected chi connectivity index (χ2v) is 22.8. The first-order valence-electron chi connectivity index (χ1n) is 28.7. The van der Waals surface area contributed by atoms with E-state index in [-0.39, 0.29) is 25.7 Å². The summed E-state index contributed by atoms with van der Waals surface area (Å²) < 4.78 is 67.3. The van der Waals surface area contributed by atoms with Crippen LogP contribution >= 0.6 is 15.6 Å². The number of aliphatic hydroxyl groups is 1. The van der Waals surface area contributed by atoms with Gasteiger partial charge >= 0.3 is 39.5 Å². The Morgan fingerprint density at radius 3 is 0.973 bits per heavy atom. The second-order valence-electron chi connectivity index (χ2n) is 19.9. The van der Waals surface area contributed by atoms with Crippen LogP contribution in [0.25, 0.3) is 0 Å². The predicted octanol–water partition coefficient (Wildman–Crippen LogP) is 13.9. The number of esters is 4. The van der Waals surface area contributed by atoms with Crippen molar-refractivity contribution in [2.45, 2.75) is 278 Å². The molecular weight excluding hydrogens is 983 g/mol. The van der Waals surface area contributed by atoms with Crippen molar-refractivity contribution in [2.24, 2.45) is 5.92 Å². The lowest BCUT2D eigenvalue weighted by Gasteiger charge is -2.21. The average Bonchev–Trinajstić information content (AvgIpc) is 3.36. The van der Waals surface area contributed by atoms with Gasteiger partial charge in [-0.2, -0.15) is 0 Å². The normalized spacial score (nSPS) is 14.9. The number of carbonyl (C=O) groups is 4. The van der Waals surface area contributed by atoms with Gasteiger partial charge in [0.25, 0.3) is 0 Å². The van der Waals surface area contributed by atoms with Crippen LogP contribution in [0, 0.1) is 5.92 Å². The summed E-state index contributed by atoms with van der Waals surface area (Å²) in [5.41, 5.74) is 0. The maximum Gasteiger partial charge on any atom is 0.472 e. The van der Waals surface area contributed by atoms with E-state index in [4.69, 9.17) is 37.0 Å². The van der Waals surface area contributed by atoms with Crippen molar-refractivity contribution in [3.8, 4) is 0 Å². The van der Waals surface area contributed by atoms with E-state index < -0.39 is 97.5 Å². The van der Waals surface area contributed by atoms with E-state index in [2.05, 4.69) is 34.6 Å². The smallest absolute Gasteiger partial charge is 0.462 e. The van der Waals surface area contributed by atoms with Crippen molar-refractivity contribution >= 4 is 39.5 Å². The van der Waals surface area contributed by atoms with Crippen LogP contribution in [0.2, 0.25) is 0 Å². The molecule has 0 aliphatic carbocycles. The Labute approximate surface area is 441 Å². The fourth-order valence-corrected chi connectivity index (χ4v) is 9.36. The second kappa shape index (κ2) is 48.4. The Kier molecular flexibility index (Phi) is 47.1. The zero-order chi connectivity index (χ0) is 54.3. The maximum atomic E-state index is 12.9. The van der Waals surface area contributed by atoms with Gasteiger partial charge in [-0.15, -0.1) is 0 Å². The van der Waals surface area contributed by atoms with Crippen LogP contribution in [-0.4, -0.2) is 96.7 Å². The minimum absolute atomic E-state index is 0.103.